The molecule has 3 atom stereocenters. The SMILES string of the molecule is COc1cccc(-c2nnc(NS(=O)(=O)C(C)Cc3ncc(C)cn3)n2C(C)[C@H]2CCCO2)n1. The summed E-state index contributed by atoms with van der Waals surface area (Å²) in [6, 6.07) is 5.08. The molecule has 34 heavy (non-hydrogen) atoms. The van der Waals surface area contributed by atoms with Gasteiger partial charge in [-0.15, -0.1) is 10.2 Å². The molecule has 1 aliphatic rings. The molecule has 1 aliphatic heterocycles. The quantitative estimate of drug-likeness (QED) is 0.483. The van der Waals surface area contributed by atoms with Gasteiger partial charge in [-0.2, -0.15) is 0 Å². The molecule has 0 bridgehead atoms. The largest absolute Gasteiger partial charge is 0.481 e. The van der Waals surface area contributed by atoms with Gasteiger partial charge in [-0.05, 0) is 45.2 Å². The smallest absolute Gasteiger partial charge is 0.238 e. The van der Waals surface area contributed by atoms with E-state index in [9.17, 15) is 8.42 Å². The summed E-state index contributed by atoms with van der Waals surface area (Å²) in [5, 5.41) is 7.67. The van der Waals surface area contributed by atoms with Gasteiger partial charge in [0.05, 0.1) is 24.5 Å². The molecule has 4 heterocycles. The number of hydrogen-bond donors (Lipinski definition) is 1. The second-order valence-electron chi connectivity index (χ2n) is 8.41. The monoisotopic (exact) mass is 487 g/mol. The molecule has 0 amide bonds. The molecule has 1 saturated heterocycles. The van der Waals surface area contributed by atoms with Crippen molar-refractivity contribution in [1.29, 1.82) is 0 Å². The molecule has 0 radical (unpaired) electrons. The Kier molecular flexibility index (Phi) is 7.08. The van der Waals surface area contributed by atoms with E-state index in [0.717, 1.165) is 18.4 Å². The normalized spacial score (nSPS) is 17.9. The van der Waals surface area contributed by atoms with Crippen LogP contribution in [0, 0.1) is 6.92 Å². The molecular weight excluding hydrogens is 458 g/mol. The molecule has 0 aliphatic carbocycles. The number of aromatic nitrogens is 6. The number of rotatable bonds is 9. The van der Waals surface area contributed by atoms with E-state index < -0.39 is 15.3 Å². The predicted octanol–water partition coefficient (Wildman–Crippen LogP) is 2.56. The van der Waals surface area contributed by atoms with Crippen LogP contribution in [0.3, 0.4) is 0 Å². The van der Waals surface area contributed by atoms with Crippen LogP contribution in [-0.4, -0.2) is 63.2 Å². The topological polar surface area (TPSA) is 134 Å². The Morgan fingerprint density at radius 3 is 2.68 bits per heavy atom. The second-order valence-corrected chi connectivity index (χ2v) is 10.5. The summed E-state index contributed by atoms with van der Waals surface area (Å²) in [6.45, 7) is 6.12. The molecule has 1 fully saturated rings. The number of pyridine rings is 1. The standard InChI is InChI=1S/C22H29N7O4S/c1-14-12-23-19(24-13-14)11-15(2)34(30,31)28-22-27-26-21(17-7-5-9-20(25-17)32-4)29(22)16(3)18-8-6-10-33-18/h5,7,9,12-13,15-16,18H,6,8,10-11H2,1-4H3,(H,27,28)/t15?,16?,18-/m1/s1. The molecule has 182 valence electrons. The van der Waals surface area contributed by atoms with E-state index in [4.69, 9.17) is 9.47 Å². The van der Waals surface area contributed by atoms with Crippen LogP contribution in [0.1, 0.15) is 44.1 Å². The zero-order chi connectivity index (χ0) is 24.3. The average molecular weight is 488 g/mol. The van der Waals surface area contributed by atoms with E-state index in [-0.39, 0.29) is 24.5 Å². The molecule has 1 N–H and O–H groups in total. The maximum atomic E-state index is 13.2. The van der Waals surface area contributed by atoms with E-state index in [1.807, 2.05) is 13.8 Å². The number of ether oxygens (including phenoxy) is 2. The third-order valence-corrected chi connectivity index (χ3v) is 7.53. The first-order valence-electron chi connectivity index (χ1n) is 11.2. The Morgan fingerprint density at radius 1 is 1.24 bits per heavy atom. The summed E-state index contributed by atoms with van der Waals surface area (Å²) in [6.07, 6.45) is 5.21. The maximum absolute atomic E-state index is 13.2. The van der Waals surface area contributed by atoms with E-state index in [0.29, 0.717) is 29.8 Å². The maximum Gasteiger partial charge on any atom is 0.238 e. The minimum absolute atomic E-state index is 0.0954. The summed E-state index contributed by atoms with van der Waals surface area (Å²) >= 11 is 0. The van der Waals surface area contributed by atoms with Crippen molar-refractivity contribution in [2.45, 2.75) is 57.4 Å². The second kappa shape index (κ2) is 10.0. The summed E-state index contributed by atoms with van der Waals surface area (Å²) in [5.41, 5.74) is 1.43. The Balaban J connectivity index is 1.66. The average Bonchev–Trinajstić information content (AvgIpc) is 3.50. The van der Waals surface area contributed by atoms with E-state index in [2.05, 4.69) is 29.9 Å². The van der Waals surface area contributed by atoms with Crippen molar-refractivity contribution < 1.29 is 17.9 Å². The van der Waals surface area contributed by atoms with Crippen LogP contribution in [0.15, 0.2) is 30.6 Å². The predicted molar refractivity (Wildman–Crippen MR) is 126 cm³/mol. The van der Waals surface area contributed by atoms with Crippen LogP contribution in [0.4, 0.5) is 5.95 Å². The number of anilines is 1. The van der Waals surface area contributed by atoms with Crippen molar-refractivity contribution in [1.82, 2.24) is 29.7 Å². The fourth-order valence-corrected chi connectivity index (χ4v) is 4.81. The molecule has 11 nitrogen and oxygen atoms in total. The third-order valence-electron chi connectivity index (χ3n) is 5.84. The Hall–Kier alpha value is -3.12. The van der Waals surface area contributed by atoms with E-state index >= 15 is 0 Å². The Morgan fingerprint density at radius 2 is 2.00 bits per heavy atom. The van der Waals surface area contributed by atoms with Crippen LogP contribution in [0.2, 0.25) is 0 Å². The van der Waals surface area contributed by atoms with Gasteiger partial charge in [0.1, 0.15) is 11.5 Å². The van der Waals surface area contributed by atoms with Gasteiger partial charge in [0.15, 0.2) is 5.82 Å². The highest BCUT2D eigenvalue weighted by atomic mass is 32.2. The lowest BCUT2D eigenvalue weighted by Gasteiger charge is -2.24. The number of nitrogens with one attached hydrogen (secondary N) is 1. The molecule has 0 spiro atoms. The van der Waals surface area contributed by atoms with Gasteiger partial charge in [0, 0.05) is 31.5 Å². The highest BCUT2D eigenvalue weighted by Crippen LogP contribution is 2.32. The van der Waals surface area contributed by atoms with Crippen LogP contribution in [0.5, 0.6) is 5.88 Å². The Labute approximate surface area is 199 Å². The van der Waals surface area contributed by atoms with Crippen LogP contribution >= 0.6 is 0 Å². The van der Waals surface area contributed by atoms with Gasteiger partial charge in [0.2, 0.25) is 21.9 Å². The summed E-state index contributed by atoms with van der Waals surface area (Å²) < 4.78 is 41.9. The van der Waals surface area contributed by atoms with Crippen molar-refractivity contribution in [3.63, 3.8) is 0 Å². The lowest BCUT2D eigenvalue weighted by molar-refractivity contribution is 0.0743. The molecule has 4 rings (SSSR count). The lowest BCUT2D eigenvalue weighted by atomic mass is 10.1. The van der Waals surface area contributed by atoms with E-state index in [1.165, 1.54) is 7.11 Å². The van der Waals surface area contributed by atoms with Crippen molar-refractivity contribution in [3.8, 4) is 17.4 Å². The highest BCUT2D eigenvalue weighted by Gasteiger charge is 2.32. The third kappa shape index (κ3) is 5.17. The zero-order valence-corrected chi connectivity index (χ0v) is 20.5. The van der Waals surface area contributed by atoms with Gasteiger partial charge in [-0.3, -0.25) is 9.29 Å². The molecule has 0 saturated carbocycles. The number of hydrogen-bond acceptors (Lipinski definition) is 9. The van der Waals surface area contributed by atoms with Gasteiger partial charge < -0.3 is 9.47 Å². The van der Waals surface area contributed by atoms with Crippen LogP contribution in [-0.2, 0) is 21.2 Å². The highest BCUT2D eigenvalue weighted by molar-refractivity contribution is 7.93. The van der Waals surface area contributed by atoms with Gasteiger partial charge in [0.25, 0.3) is 0 Å². The van der Waals surface area contributed by atoms with Gasteiger partial charge >= 0.3 is 0 Å². The first kappa shape index (κ1) is 24.0. The first-order valence-corrected chi connectivity index (χ1v) is 12.7. The minimum Gasteiger partial charge on any atom is -0.481 e. The van der Waals surface area contributed by atoms with Gasteiger partial charge in [-0.25, -0.2) is 23.4 Å². The van der Waals surface area contributed by atoms with Crippen LogP contribution in [0.25, 0.3) is 11.5 Å². The number of aryl methyl sites for hydroxylation is 1. The minimum atomic E-state index is -3.82. The molecule has 0 aromatic carbocycles. The van der Waals surface area contributed by atoms with Crippen LogP contribution < -0.4 is 9.46 Å². The van der Waals surface area contributed by atoms with Crippen molar-refractivity contribution in [2.75, 3.05) is 18.4 Å². The number of methoxy groups -OCH3 is 1. The van der Waals surface area contributed by atoms with Crippen molar-refractivity contribution in [2.24, 2.45) is 0 Å². The molecule has 3 aromatic heterocycles. The molecule has 3 aromatic rings. The first-order chi connectivity index (χ1) is 16.3. The van der Waals surface area contributed by atoms with E-state index in [1.54, 1.807) is 42.1 Å². The summed E-state index contributed by atoms with van der Waals surface area (Å²) in [7, 11) is -2.29. The zero-order valence-electron chi connectivity index (χ0n) is 19.7. The van der Waals surface area contributed by atoms with Crippen molar-refractivity contribution in [3.05, 3.63) is 42.0 Å². The summed E-state index contributed by atoms with van der Waals surface area (Å²) in [4.78, 5) is 12.9. The fourth-order valence-electron chi connectivity index (χ4n) is 3.84. The lowest BCUT2D eigenvalue weighted by Crippen LogP contribution is -2.31. The van der Waals surface area contributed by atoms with Crippen molar-refractivity contribution >= 4 is 16.0 Å². The number of sulfonamides is 1. The summed E-state index contributed by atoms with van der Waals surface area (Å²) in [5.74, 6) is 1.41. The molecule has 2 unspecified atom stereocenters. The Bertz CT molecular complexity index is 1220. The molecular formula is C22H29N7O4S. The molecule has 12 heteroatoms. The number of nitrogens with zero attached hydrogens (tertiary/aromatic N) is 6. The fraction of sp³-hybridized carbons (Fsp3) is 0.500. The van der Waals surface area contributed by atoms with Gasteiger partial charge in [-0.1, -0.05) is 6.07 Å².